The van der Waals surface area contributed by atoms with Crippen LogP contribution in [0.3, 0.4) is 0 Å². The Hall–Kier alpha value is -0.610. The Morgan fingerprint density at radius 1 is 1.40 bits per heavy atom. The molecule has 0 saturated carbocycles. The summed E-state index contributed by atoms with van der Waals surface area (Å²) in [6, 6.07) is 0. The largest absolute Gasteiger partial charge is 0.392 e. The van der Waals surface area contributed by atoms with Gasteiger partial charge < -0.3 is 15.7 Å². The molecule has 0 radical (unpaired) electrons. The van der Waals surface area contributed by atoms with Crippen LogP contribution in [0.1, 0.15) is 32.6 Å². The highest BCUT2D eigenvalue weighted by atomic mass is 16.3. The van der Waals surface area contributed by atoms with Crippen LogP contribution in [0.2, 0.25) is 0 Å². The molecule has 0 aromatic carbocycles. The summed E-state index contributed by atoms with van der Waals surface area (Å²) < 4.78 is 0. The van der Waals surface area contributed by atoms with Gasteiger partial charge in [-0.3, -0.25) is 4.79 Å². The maximum Gasteiger partial charge on any atom is 0.220 e. The van der Waals surface area contributed by atoms with Crippen molar-refractivity contribution < 1.29 is 9.90 Å². The van der Waals surface area contributed by atoms with Crippen molar-refractivity contribution >= 4 is 5.91 Å². The molecule has 0 spiro atoms. The summed E-state index contributed by atoms with van der Waals surface area (Å²) in [5, 5.41) is 9.59. The first kappa shape index (κ1) is 14.4. The van der Waals surface area contributed by atoms with Crippen LogP contribution in [-0.4, -0.2) is 42.7 Å². The van der Waals surface area contributed by atoms with Crippen LogP contribution in [-0.2, 0) is 4.79 Å². The number of nitrogens with zero attached hydrogens (tertiary/aromatic N) is 1. The average molecular weight is 216 g/mol. The van der Waals surface area contributed by atoms with Gasteiger partial charge in [0, 0.05) is 0 Å². The lowest BCUT2D eigenvalue weighted by atomic mass is 9.95. The Bertz CT molecular complexity index is 183. The molecule has 0 heterocycles. The van der Waals surface area contributed by atoms with Crippen LogP contribution in [0.4, 0.5) is 0 Å². The molecule has 0 fully saturated rings. The molecule has 4 nitrogen and oxygen atoms in total. The van der Waals surface area contributed by atoms with Gasteiger partial charge in [0.15, 0.2) is 0 Å². The van der Waals surface area contributed by atoms with Gasteiger partial charge in [0.25, 0.3) is 0 Å². The highest BCUT2D eigenvalue weighted by Crippen LogP contribution is 2.14. The summed E-state index contributed by atoms with van der Waals surface area (Å²) in [6.45, 7) is 3.03. The normalized spacial score (nSPS) is 15.3. The van der Waals surface area contributed by atoms with Crippen molar-refractivity contribution in [3.63, 3.8) is 0 Å². The van der Waals surface area contributed by atoms with Gasteiger partial charge in [-0.25, -0.2) is 0 Å². The fraction of sp³-hybridized carbons (Fsp3) is 0.909. The highest BCUT2D eigenvalue weighted by molar-refractivity contribution is 5.74. The van der Waals surface area contributed by atoms with Gasteiger partial charge >= 0.3 is 0 Å². The maximum absolute atomic E-state index is 10.6. The third-order valence-corrected chi connectivity index (χ3v) is 2.58. The third kappa shape index (κ3) is 8.39. The van der Waals surface area contributed by atoms with Gasteiger partial charge in [0.2, 0.25) is 5.91 Å². The van der Waals surface area contributed by atoms with Crippen LogP contribution < -0.4 is 5.73 Å². The molecule has 90 valence electrons. The number of rotatable bonds is 8. The summed E-state index contributed by atoms with van der Waals surface area (Å²) >= 11 is 0. The zero-order valence-corrected chi connectivity index (χ0v) is 10.1. The van der Waals surface area contributed by atoms with E-state index in [4.69, 9.17) is 5.73 Å². The quantitative estimate of drug-likeness (QED) is 0.584. The molecule has 4 heteroatoms. The van der Waals surface area contributed by atoms with Gasteiger partial charge in [0.1, 0.15) is 0 Å². The lowest BCUT2D eigenvalue weighted by molar-refractivity contribution is -0.120. The Balaban J connectivity index is 3.55. The van der Waals surface area contributed by atoms with E-state index in [0.717, 1.165) is 25.8 Å². The van der Waals surface area contributed by atoms with E-state index in [-0.39, 0.29) is 12.3 Å². The summed E-state index contributed by atoms with van der Waals surface area (Å²) in [5.74, 6) is -0.276. The maximum atomic E-state index is 10.6. The Morgan fingerprint density at radius 3 is 2.47 bits per heavy atom. The predicted molar refractivity (Wildman–Crippen MR) is 61.4 cm³/mol. The number of aliphatic hydroxyl groups is 1. The molecule has 0 saturated heterocycles. The van der Waals surface area contributed by atoms with E-state index in [2.05, 4.69) is 4.90 Å². The van der Waals surface area contributed by atoms with Crippen molar-refractivity contribution in [2.75, 3.05) is 20.6 Å². The molecule has 0 aliphatic rings. The first-order valence-corrected chi connectivity index (χ1v) is 5.54. The van der Waals surface area contributed by atoms with Crippen molar-refractivity contribution in [1.29, 1.82) is 0 Å². The minimum Gasteiger partial charge on any atom is -0.392 e. The number of amides is 1. The first-order chi connectivity index (χ1) is 6.93. The van der Waals surface area contributed by atoms with Crippen molar-refractivity contribution in [2.45, 2.75) is 38.7 Å². The van der Waals surface area contributed by atoms with Gasteiger partial charge in [-0.05, 0) is 39.4 Å². The number of primary amides is 1. The fourth-order valence-electron chi connectivity index (χ4n) is 1.49. The molecule has 1 amide bonds. The Kier molecular flexibility index (Phi) is 7.34. The number of aliphatic hydroxyl groups excluding tert-OH is 1. The van der Waals surface area contributed by atoms with Gasteiger partial charge in [-0.2, -0.15) is 0 Å². The molecule has 0 aromatic heterocycles. The summed E-state index contributed by atoms with van der Waals surface area (Å²) in [7, 11) is 4.09. The molecular formula is C11H24N2O2. The Morgan fingerprint density at radius 2 is 2.00 bits per heavy atom. The fourth-order valence-corrected chi connectivity index (χ4v) is 1.49. The minimum atomic E-state index is -0.582. The van der Waals surface area contributed by atoms with Gasteiger partial charge in [-0.15, -0.1) is 0 Å². The van der Waals surface area contributed by atoms with Crippen molar-refractivity contribution in [2.24, 2.45) is 11.7 Å². The van der Waals surface area contributed by atoms with E-state index in [1.54, 1.807) is 0 Å². The van der Waals surface area contributed by atoms with Crippen molar-refractivity contribution in [3.05, 3.63) is 0 Å². The van der Waals surface area contributed by atoms with Crippen LogP contribution >= 0.6 is 0 Å². The molecule has 0 aromatic rings. The second kappa shape index (κ2) is 7.65. The monoisotopic (exact) mass is 216 g/mol. The van der Waals surface area contributed by atoms with Crippen LogP contribution in [0.15, 0.2) is 0 Å². The standard InChI is InChI=1S/C11H24N2O2/c1-9(10(14)8-11(12)15)6-4-5-7-13(2)3/h9-10,14H,4-8H2,1-3H3,(H2,12,15)/t9-,10+/m1/s1. The molecule has 15 heavy (non-hydrogen) atoms. The molecule has 2 atom stereocenters. The number of carbonyl (C=O) groups is 1. The van der Waals surface area contributed by atoms with Crippen LogP contribution in [0.5, 0.6) is 0 Å². The van der Waals surface area contributed by atoms with E-state index < -0.39 is 12.0 Å². The minimum absolute atomic E-state index is 0.0782. The SMILES string of the molecule is C[C@H](CCCCN(C)C)[C@@H](O)CC(N)=O. The molecule has 0 bridgehead atoms. The highest BCUT2D eigenvalue weighted by Gasteiger charge is 2.15. The van der Waals surface area contributed by atoms with Crippen LogP contribution in [0.25, 0.3) is 0 Å². The van der Waals surface area contributed by atoms with E-state index >= 15 is 0 Å². The smallest absolute Gasteiger partial charge is 0.220 e. The number of nitrogens with two attached hydrogens (primary N) is 1. The molecule has 3 N–H and O–H groups in total. The first-order valence-electron chi connectivity index (χ1n) is 5.54. The molecule has 0 aliphatic heterocycles. The van der Waals surface area contributed by atoms with E-state index in [0.29, 0.717) is 0 Å². The summed E-state index contributed by atoms with van der Waals surface area (Å²) in [4.78, 5) is 12.7. The van der Waals surface area contributed by atoms with Crippen molar-refractivity contribution in [1.82, 2.24) is 4.90 Å². The van der Waals surface area contributed by atoms with E-state index in [9.17, 15) is 9.90 Å². The topological polar surface area (TPSA) is 66.6 Å². The molecular weight excluding hydrogens is 192 g/mol. The zero-order chi connectivity index (χ0) is 11.8. The van der Waals surface area contributed by atoms with Gasteiger partial charge in [0.05, 0.1) is 12.5 Å². The van der Waals surface area contributed by atoms with E-state index in [1.807, 2.05) is 21.0 Å². The van der Waals surface area contributed by atoms with Crippen molar-refractivity contribution in [3.8, 4) is 0 Å². The zero-order valence-electron chi connectivity index (χ0n) is 10.1. The molecule has 0 unspecified atom stereocenters. The summed E-state index contributed by atoms with van der Waals surface area (Å²) in [5.41, 5.74) is 5.02. The number of unbranched alkanes of at least 4 members (excludes halogenated alkanes) is 1. The Labute approximate surface area is 92.4 Å². The predicted octanol–water partition coefficient (Wildman–Crippen LogP) is 0.591. The molecule has 0 aliphatic carbocycles. The van der Waals surface area contributed by atoms with Gasteiger partial charge in [-0.1, -0.05) is 13.3 Å². The molecule has 0 rings (SSSR count). The third-order valence-electron chi connectivity index (χ3n) is 2.58. The lowest BCUT2D eigenvalue weighted by Gasteiger charge is -2.17. The number of hydrogen-bond donors (Lipinski definition) is 2. The summed E-state index contributed by atoms with van der Waals surface area (Å²) in [6.07, 6.45) is 2.65. The second-order valence-electron chi connectivity index (χ2n) is 4.51. The second-order valence-corrected chi connectivity index (χ2v) is 4.51. The average Bonchev–Trinajstić information content (AvgIpc) is 2.10. The lowest BCUT2D eigenvalue weighted by Crippen LogP contribution is -2.25. The van der Waals surface area contributed by atoms with Crippen LogP contribution in [0, 0.1) is 5.92 Å². The number of hydrogen-bond acceptors (Lipinski definition) is 3. The van der Waals surface area contributed by atoms with E-state index in [1.165, 1.54) is 0 Å². The number of carbonyl (C=O) groups excluding carboxylic acids is 1.